The van der Waals surface area contributed by atoms with Gasteiger partial charge in [0, 0.05) is 75.0 Å². The Morgan fingerprint density at radius 1 is 0.704 bits per heavy atom. The third-order valence-corrected chi connectivity index (χ3v) is 5.22. The molecule has 27 heavy (non-hydrogen) atoms. The molecule has 2 aliphatic rings. The van der Waals surface area contributed by atoms with Crippen molar-refractivity contribution in [1.82, 2.24) is 10.6 Å². The first-order chi connectivity index (χ1) is 13.3. The zero-order chi connectivity index (χ0) is 18.5. The summed E-state index contributed by atoms with van der Waals surface area (Å²) in [7, 11) is 0. The third kappa shape index (κ3) is 4.40. The molecule has 0 aromatic heterocycles. The number of benzene rings is 2. The Bertz CT molecular complexity index is 747. The highest BCUT2D eigenvalue weighted by Gasteiger charge is 2.13. The van der Waals surface area contributed by atoms with E-state index in [0.29, 0.717) is 5.56 Å². The number of hydrogen-bond acceptors (Lipinski definition) is 5. The lowest BCUT2D eigenvalue weighted by atomic mass is 10.1. The summed E-state index contributed by atoms with van der Waals surface area (Å²) in [6.45, 7) is 8.09. The summed E-state index contributed by atoms with van der Waals surface area (Å²) in [5.74, 6) is -0.0724. The van der Waals surface area contributed by atoms with Crippen molar-refractivity contribution in [2.75, 3.05) is 67.5 Å². The lowest BCUT2D eigenvalue weighted by molar-refractivity contribution is 0.102. The Hall–Kier alpha value is -2.57. The van der Waals surface area contributed by atoms with Gasteiger partial charge in [0.15, 0.2) is 0 Å². The Kier molecular flexibility index (Phi) is 5.55. The Labute approximate surface area is 160 Å². The van der Waals surface area contributed by atoms with Crippen molar-refractivity contribution in [2.45, 2.75) is 0 Å². The molecular formula is C21H27N5O. The molecule has 0 unspecified atom stereocenters. The van der Waals surface area contributed by atoms with E-state index in [2.05, 4.69) is 37.9 Å². The van der Waals surface area contributed by atoms with Crippen molar-refractivity contribution in [1.29, 1.82) is 0 Å². The molecule has 2 aromatic carbocycles. The maximum atomic E-state index is 12.5. The van der Waals surface area contributed by atoms with Crippen molar-refractivity contribution >= 4 is 23.0 Å². The first kappa shape index (κ1) is 17.8. The summed E-state index contributed by atoms with van der Waals surface area (Å²) in [5, 5.41) is 9.71. The standard InChI is InChI=1S/C21H27N5O/c27-21(17-1-5-19(6-2-17)25-13-9-22-10-14-25)24-18-3-7-20(8-4-18)26-15-11-23-12-16-26/h1-8,22-23H,9-16H2,(H,24,27). The molecule has 0 spiro atoms. The average Bonchev–Trinajstić information content (AvgIpc) is 2.76. The summed E-state index contributed by atoms with van der Waals surface area (Å²) < 4.78 is 0. The van der Waals surface area contributed by atoms with E-state index in [9.17, 15) is 4.79 Å². The molecule has 3 N–H and O–H groups in total. The van der Waals surface area contributed by atoms with Gasteiger partial charge in [-0.3, -0.25) is 4.79 Å². The van der Waals surface area contributed by atoms with E-state index in [1.807, 2.05) is 36.4 Å². The number of hydrogen-bond donors (Lipinski definition) is 3. The SMILES string of the molecule is O=C(Nc1ccc(N2CCNCC2)cc1)c1ccc(N2CCNCC2)cc1. The van der Waals surface area contributed by atoms with Gasteiger partial charge in [0.2, 0.25) is 0 Å². The maximum Gasteiger partial charge on any atom is 0.255 e. The molecule has 6 nitrogen and oxygen atoms in total. The number of anilines is 3. The van der Waals surface area contributed by atoms with Crippen molar-refractivity contribution in [2.24, 2.45) is 0 Å². The van der Waals surface area contributed by atoms with Crippen LogP contribution in [-0.4, -0.2) is 58.3 Å². The normalized spacial score (nSPS) is 17.6. The second-order valence-electron chi connectivity index (χ2n) is 7.02. The number of rotatable bonds is 4. The van der Waals surface area contributed by atoms with Crippen LogP contribution in [0.15, 0.2) is 48.5 Å². The topological polar surface area (TPSA) is 59.6 Å². The molecule has 142 valence electrons. The third-order valence-electron chi connectivity index (χ3n) is 5.22. The molecular weight excluding hydrogens is 338 g/mol. The quantitative estimate of drug-likeness (QED) is 0.771. The molecule has 2 aliphatic heterocycles. The molecule has 0 atom stereocenters. The van der Waals surface area contributed by atoms with Crippen LogP contribution in [0.2, 0.25) is 0 Å². The molecule has 2 fully saturated rings. The van der Waals surface area contributed by atoms with Crippen LogP contribution in [0.3, 0.4) is 0 Å². The summed E-state index contributed by atoms with van der Waals surface area (Å²) in [6.07, 6.45) is 0. The van der Waals surface area contributed by atoms with Gasteiger partial charge < -0.3 is 25.8 Å². The van der Waals surface area contributed by atoms with E-state index >= 15 is 0 Å². The number of carbonyl (C=O) groups is 1. The van der Waals surface area contributed by atoms with Crippen LogP contribution in [0.4, 0.5) is 17.1 Å². The van der Waals surface area contributed by atoms with Crippen molar-refractivity contribution in [3.05, 3.63) is 54.1 Å². The summed E-state index contributed by atoms with van der Waals surface area (Å²) in [6, 6.07) is 16.0. The van der Waals surface area contributed by atoms with Gasteiger partial charge in [0.25, 0.3) is 5.91 Å². The molecule has 0 aliphatic carbocycles. The van der Waals surface area contributed by atoms with E-state index < -0.39 is 0 Å². The van der Waals surface area contributed by atoms with Gasteiger partial charge in [-0.2, -0.15) is 0 Å². The number of amides is 1. The fourth-order valence-corrected chi connectivity index (χ4v) is 3.63. The highest BCUT2D eigenvalue weighted by atomic mass is 16.1. The van der Waals surface area contributed by atoms with Crippen LogP contribution in [0.1, 0.15) is 10.4 Å². The highest BCUT2D eigenvalue weighted by molar-refractivity contribution is 6.04. The van der Waals surface area contributed by atoms with Gasteiger partial charge in [0.05, 0.1) is 0 Å². The molecule has 4 rings (SSSR count). The molecule has 0 saturated carbocycles. The van der Waals surface area contributed by atoms with Crippen LogP contribution >= 0.6 is 0 Å². The second kappa shape index (κ2) is 8.41. The second-order valence-corrected chi connectivity index (χ2v) is 7.02. The zero-order valence-electron chi connectivity index (χ0n) is 15.6. The van der Waals surface area contributed by atoms with Crippen molar-refractivity contribution in [3.8, 4) is 0 Å². The minimum absolute atomic E-state index is 0.0724. The van der Waals surface area contributed by atoms with E-state index in [0.717, 1.165) is 58.0 Å². The molecule has 1 amide bonds. The molecule has 2 heterocycles. The lowest BCUT2D eigenvalue weighted by Gasteiger charge is -2.29. The average molecular weight is 365 g/mol. The van der Waals surface area contributed by atoms with Crippen molar-refractivity contribution in [3.63, 3.8) is 0 Å². The predicted molar refractivity (Wildman–Crippen MR) is 111 cm³/mol. The first-order valence-corrected chi connectivity index (χ1v) is 9.72. The Morgan fingerprint density at radius 2 is 1.15 bits per heavy atom. The molecule has 0 bridgehead atoms. The van der Waals surface area contributed by atoms with Gasteiger partial charge in [-0.25, -0.2) is 0 Å². The smallest absolute Gasteiger partial charge is 0.255 e. The highest BCUT2D eigenvalue weighted by Crippen LogP contribution is 2.20. The van der Waals surface area contributed by atoms with Crippen LogP contribution in [0.25, 0.3) is 0 Å². The van der Waals surface area contributed by atoms with E-state index in [1.54, 1.807) is 0 Å². The minimum atomic E-state index is -0.0724. The largest absolute Gasteiger partial charge is 0.369 e. The minimum Gasteiger partial charge on any atom is -0.369 e. The number of nitrogens with zero attached hydrogens (tertiary/aromatic N) is 2. The zero-order valence-corrected chi connectivity index (χ0v) is 15.6. The van der Waals surface area contributed by atoms with Crippen LogP contribution in [0, 0.1) is 0 Å². The van der Waals surface area contributed by atoms with Gasteiger partial charge in [0.1, 0.15) is 0 Å². The predicted octanol–water partition coefficient (Wildman–Crippen LogP) is 1.76. The van der Waals surface area contributed by atoms with E-state index in [-0.39, 0.29) is 5.91 Å². The summed E-state index contributed by atoms with van der Waals surface area (Å²) in [4.78, 5) is 17.2. The fourth-order valence-electron chi connectivity index (χ4n) is 3.63. The Morgan fingerprint density at radius 3 is 1.63 bits per heavy atom. The van der Waals surface area contributed by atoms with Gasteiger partial charge in [-0.1, -0.05) is 0 Å². The van der Waals surface area contributed by atoms with Crippen LogP contribution < -0.4 is 25.8 Å². The molecule has 6 heteroatoms. The Balaban J connectivity index is 1.36. The summed E-state index contributed by atoms with van der Waals surface area (Å²) >= 11 is 0. The van der Waals surface area contributed by atoms with E-state index in [4.69, 9.17) is 0 Å². The van der Waals surface area contributed by atoms with Crippen molar-refractivity contribution < 1.29 is 4.79 Å². The van der Waals surface area contributed by atoms with Gasteiger partial charge >= 0.3 is 0 Å². The molecule has 2 saturated heterocycles. The molecule has 0 radical (unpaired) electrons. The van der Waals surface area contributed by atoms with Crippen LogP contribution in [-0.2, 0) is 0 Å². The van der Waals surface area contributed by atoms with E-state index in [1.165, 1.54) is 11.4 Å². The number of nitrogens with one attached hydrogen (secondary N) is 3. The van der Waals surface area contributed by atoms with Gasteiger partial charge in [-0.05, 0) is 48.5 Å². The maximum absolute atomic E-state index is 12.5. The monoisotopic (exact) mass is 365 g/mol. The van der Waals surface area contributed by atoms with Gasteiger partial charge in [-0.15, -0.1) is 0 Å². The summed E-state index contributed by atoms with van der Waals surface area (Å²) in [5.41, 5.74) is 3.88. The fraction of sp³-hybridized carbons (Fsp3) is 0.381. The molecule has 2 aromatic rings. The number of piperazine rings is 2. The number of carbonyl (C=O) groups excluding carboxylic acids is 1. The first-order valence-electron chi connectivity index (χ1n) is 9.72. The van der Waals surface area contributed by atoms with Crippen LogP contribution in [0.5, 0.6) is 0 Å². The lowest BCUT2D eigenvalue weighted by Crippen LogP contribution is -2.43.